The highest BCUT2D eigenvalue weighted by Crippen LogP contribution is 2.28. The van der Waals surface area contributed by atoms with Crippen molar-refractivity contribution in [2.24, 2.45) is 0 Å². The van der Waals surface area contributed by atoms with Crippen molar-refractivity contribution in [1.29, 1.82) is 0 Å². The van der Waals surface area contributed by atoms with E-state index in [1.807, 2.05) is 4.90 Å². The van der Waals surface area contributed by atoms with Crippen LogP contribution in [0.15, 0.2) is 18.2 Å². The molecule has 1 saturated heterocycles. The van der Waals surface area contributed by atoms with Crippen LogP contribution < -0.4 is 5.32 Å². The summed E-state index contributed by atoms with van der Waals surface area (Å²) in [6.45, 7) is 5.66. The first-order chi connectivity index (χ1) is 9.79. The van der Waals surface area contributed by atoms with E-state index in [-0.39, 0.29) is 5.92 Å². The first-order valence-electron chi connectivity index (χ1n) is 7.91. The lowest BCUT2D eigenvalue weighted by Gasteiger charge is -2.31. The van der Waals surface area contributed by atoms with Crippen LogP contribution in [0, 0.1) is 0 Å². The third-order valence-electron chi connectivity index (χ3n) is 4.66. The monoisotopic (exact) mass is 272 g/mol. The van der Waals surface area contributed by atoms with Crippen LogP contribution in [0.2, 0.25) is 0 Å². The molecule has 0 bridgehead atoms. The molecule has 1 aromatic rings. The van der Waals surface area contributed by atoms with Gasteiger partial charge in [-0.15, -0.1) is 0 Å². The number of hydrogen-bond acceptors (Lipinski definition) is 2. The lowest BCUT2D eigenvalue weighted by Crippen LogP contribution is -2.48. The number of fused-ring (bicyclic) bond motifs is 1. The summed E-state index contributed by atoms with van der Waals surface area (Å²) in [6, 6.07) is 6.71. The number of carbonyl (C=O) groups excluding carboxylic acids is 1. The van der Waals surface area contributed by atoms with Crippen molar-refractivity contribution in [3.63, 3.8) is 0 Å². The fraction of sp³-hybridized carbons (Fsp3) is 0.588. The number of rotatable bonds is 3. The molecule has 1 heterocycles. The first kappa shape index (κ1) is 13.6. The summed E-state index contributed by atoms with van der Waals surface area (Å²) in [4.78, 5) is 14.8. The van der Waals surface area contributed by atoms with Crippen molar-refractivity contribution >= 4 is 5.91 Å². The Hall–Kier alpha value is -1.35. The molecule has 20 heavy (non-hydrogen) atoms. The van der Waals surface area contributed by atoms with E-state index in [0.717, 1.165) is 32.6 Å². The number of nitrogens with zero attached hydrogens (tertiary/aromatic N) is 1. The molecule has 1 aliphatic heterocycles. The molecule has 3 nitrogen and oxygen atoms in total. The Morgan fingerprint density at radius 1 is 1.25 bits per heavy atom. The van der Waals surface area contributed by atoms with Crippen LogP contribution >= 0.6 is 0 Å². The van der Waals surface area contributed by atoms with E-state index >= 15 is 0 Å². The maximum atomic E-state index is 12.7. The standard InChI is InChI=1S/C17H24N2O/c1-2-16(17(20)19-10-8-18-9-11-19)15-7-6-13-4-3-5-14(13)12-15/h6-7,12,16,18H,2-5,8-11H2,1H3. The second kappa shape index (κ2) is 5.96. The zero-order valence-corrected chi connectivity index (χ0v) is 12.3. The van der Waals surface area contributed by atoms with Gasteiger partial charge in [0.2, 0.25) is 5.91 Å². The van der Waals surface area contributed by atoms with Gasteiger partial charge in [-0.2, -0.15) is 0 Å². The summed E-state index contributed by atoms with van der Waals surface area (Å²) in [5.74, 6) is 0.353. The van der Waals surface area contributed by atoms with Gasteiger partial charge in [0, 0.05) is 26.2 Å². The average molecular weight is 272 g/mol. The van der Waals surface area contributed by atoms with Crippen LogP contribution in [0.3, 0.4) is 0 Å². The van der Waals surface area contributed by atoms with Gasteiger partial charge in [-0.25, -0.2) is 0 Å². The van der Waals surface area contributed by atoms with E-state index in [0.29, 0.717) is 5.91 Å². The van der Waals surface area contributed by atoms with Gasteiger partial charge in [-0.1, -0.05) is 25.1 Å². The number of piperazine rings is 1. The Labute approximate surface area is 121 Å². The predicted octanol–water partition coefficient (Wildman–Crippen LogP) is 2.10. The Kier molecular flexibility index (Phi) is 4.06. The van der Waals surface area contributed by atoms with Crippen molar-refractivity contribution in [1.82, 2.24) is 10.2 Å². The largest absolute Gasteiger partial charge is 0.340 e. The van der Waals surface area contributed by atoms with Crippen LogP contribution in [0.25, 0.3) is 0 Å². The van der Waals surface area contributed by atoms with Gasteiger partial charge >= 0.3 is 0 Å². The number of benzene rings is 1. The van der Waals surface area contributed by atoms with E-state index in [1.165, 1.54) is 36.0 Å². The van der Waals surface area contributed by atoms with Crippen LogP contribution in [0.1, 0.15) is 42.4 Å². The Morgan fingerprint density at radius 3 is 2.75 bits per heavy atom. The van der Waals surface area contributed by atoms with E-state index in [4.69, 9.17) is 0 Å². The van der Waals surface area contributed by atoms with Crippen molar-refractivity contribution in [2.45, 2.75) is 38.5 Å². The Bertz CT molecular complexity index is 492. The van der Waals surface area contributed by atoms with Gasteiger partial charge in [0.1, 0.15) is 0 Å². The SMILES string of the molecule is CCC(C(=O)N1CCNCC1)c1ccc2c(c1)CCC2. The minimum Gasteiger partial charge on any atom is -0.340 e. The molecule has 0 aromatic heterocycles. The fourth-order valence-electron chi connectivity index (χ4n) is 3.47. The molecule has 1 atom stereocenters. The minimum absolute atomic E-state index is 0.0407. The lowest BCUT2D eigenvalue weighted by molar-refractivity contribution is -0.133. The third-order valence-corrected chi connectivity index (χ3v) is 4.66. The smallest absolute Gasteiger partial charge is 0.230 e. The van der Waals surface area contributed by atoms with Crippen molar-refractivity contribution in [2.75, 3.05) is 26.2 Å². The summed E-state index contributed by atoms with van der Waals surface area (Å²) < 4.78 is 0. The summed E-state index contributed by atoms with van der Waals surface area (Å²) in [7, 11) is 0. The number of hydrogen-bond donors (Lipinski definition) is 1. The zero-order chi connectivity index (χ0) is 13.9. The molecular weight excluding hydrogens is 248 g/mol. The third kappa shape index (κ3) is 2.59. The molecule has 2 aliphatic rings. The molecule has 1 unspecified atom stereocenters. The second-order valence-electron chi connectivity index (χ2n) is 5.92. The molecule has 3 heteroatoms. The molecule has 1 aromatic carbocycles. The van der Waals surface area contributed by atoms with E-state index < -0.39 is 0 Å². The number of aryl methyl sites for hydroxylation is 2. The fourth-order valence-corrected chi connectivity index (χ4v) is 3.47. The normalized spacial score (nSPS) is 19.8. The molecule has 0 radical (unpaired) electrons. The van der Waals surface area contributed by atoms with Gasteiger partial charge in [0.25, 0.3) is 0 Å². The van der Waals surface area contributed by atoms with Gasteiger partial charge in [-0.05, 0) is 42.4 Å². The lowest BCUT2D eigenvalue weighted by atomic mass is 9.92. The molecule has 108 valence electrons. The van der Waals surface area contributed by atoms with Crippen LogP contribution in [0.5, 0.6) is 0 Å². The molecule has 0 spiro atoms. The van der Waals surface area contributed by atoms with E-state index in [1.54, 1.807) is 0 Å². The van der Waals surface area contributed by atoms with Crippen LogP contribution in [-0.2, 0) is 17.6 Å². The maximum Gasteiger partial charge on any atom is 0.230 e. The molecule has 3 rings (SSSR count). The van der Waals surface area contributed by atoms with Gasteiger partial charge < -0.3 is 10.2 Å². The molecule has 1 fully saturated rings. The molecular formula is C17H24N2O. The van der Waals surface area contributed by atoms with Crippen molar-refractivity contribution in [3.05, 3.63) is 34.9 Å². The van der Waals surface area contributed by atoms with E-state index in [9.17, 15) is 4.79 Å². The molecule has 1 amide bonds. The number of nitrogens with one attached hydrogen (secondary N) is 1. The van der Waals surface area contributed by atoms with E-state index in [2.05, 4.69) is 30.4 Å². The van der Waals surface area contributed by atoms with Crippen molar-refractivity contribution < 1.29 is 4.79 Å². The zero-order valence-electron chi connectivity index (χ0n) is 12.3. The van der Waals surface area contributed by atoms with Gasteiger partial charge in [-0.3, -0.25) is 4.79 Å². The summed E-state index contributed by atoms with van der Waals surface area (Å²) in [6.07, 6.45) is 4.54. The highest BCUT2D eigenvalue weighted by atomic mass is 16.2. The maximum absolute atomic E-state index is 12.7. The van der Waals surface area contributed by atoms with Gasteiger partial charge in [0.15, 0.2) is 0 Å². The first-order valence-corrected chi connectivity index (χ1v) is 7.91. The quantitative estimate of drug-likeness (QED) is 0.914. The molecule has 1 N–H and O–H groups in total. The topological polar surface area (TPSA) is 32.3 Å². The minimum atomic E-state index is 0.0407. The summed E-state index contributed by atoms with van der Waals surface area (Å²) >= 11 is 0. The molecule has 0 saturated carbocycles. The summed E-state index contributed by atoms with van der Waals surface area (Å²) in [5, 5.41) is 3.31. The van der Waals surface area contributed by atoms with Crippen LogP contribution in [-0.4, -0.2) is 37.0 Å². The Morgan fingerprint density at radius 2 is 2.00 bits per heavy atom. The average Bonchev–Trinajstić information content (AvgIpc) is 2.96. The molecule has 1 aliphatic carbocycles. The van der Waals surface area contributed by atoms with Crippen LogP contribution in [0.4, 0.5) is 0 Å². The predicted molar refractivity (Wildman–Crippen MR) is 80.9 cm³/mol. The van der Waals surface area contributed by atoms with Gasteiger partial charge in [0.05, 0.1) is 5.92 Å². The van der Waals surface area contributed by atoms with Crippen molar-refractivity contribution in [3.8, 4) is 0 Å². The number of carbonyl (C=O) groups is 1. The Balaban J connectivity index is 1.80. The number of amides is 1. The summed E-state index contributed by atoms with van der Waals surface area (Å²) in [5.41, 5.74) is 4.17. The highest BCUT2D eigenvalue weighted by Gasteiger charge is 2.26. The highest BCUT2D eigenvalue weighted by molar-refractivity contribution is 5.84. The second-order valence-corrected chi connectivity index (χ2v) is 5.92.